The fourth-order valence-corrected chi connectivity index (χ4v) is 2.53. The Bertz CT molecular complexity index is 433. The maximum absolute atomic E-state index is 11.7. The van der Waals surface area contributed by atoms with E-state index < -0.39 is 0 Å². The predicted molar refractivity (Wildman–Crippen MR) is 72.3 cm³/mol. The van der Waals surface area contributed by atoms with E-state index in [0.717, 1.165) is 41.7 Å². The van der Waals surface area contributed by atoms with Gasteiger partial charge in [0.25, 0.3) is 0 Å². The molecule has 4 heteroatoms. The summed E-state index contributed by atoms with van der Waals surface area (Å²) < 4.78 is 1.01. The summed E-state index contributed by atoms with van der Waals surface area (Å²) in [7, 11) is 0. The van der Waals surface area contributed by atoms with E-state index in [1.807, 2.05) is 19.2 Å². The number of piperidine rings is 1. The summed E-state index contributed by atoms with van der Waals surface area (Å²) in [5.41, 5.74) is 1.16. The average molecular weight is 297 g/mol. The minimum Gasteiger partial charge on any atom is -0.347 e. The summed E-state index contributed by atoms with van der Waals surface area (Å²) in [4.78, 5) is 18.2. The van der Waals surface area contributed by atoms with Gasteiger partial charge in [0, 0.05) is 17.2 Å². The number of hydrogen-bond donors (Lipinski definition) is 0. The summed E-state index contributed by atoms with van der Waals surface area (Å²) in [6.45, 7) is 4.65. The molecule has 1 fully saturated rings. The lowest BCUT2D eigenvalue weighted by Crippen LogP contribution is -2.44. The predicted octanol–water partition coefficient (Wildman–Crippen LogP) is 3.10. The van der Waals surface area contributed by atoms with Crippen LogP contribution in [0, 0.1) is 6.92 Å². The van der Waals surface area contributed by atoms with Gasteiger partial charge in [-0.3, -0.25) is 4.79 Å². The topological polar surface area (TPSA) is 33.2 Å². The molecule has 0 aromatic carbocycles. The Morgan fingerprint density at radius 2 is 2.29 bits per heavy atom. The first-order valence-electron chi connectivity index (χ1n) is 5.99. The highest BCUT2D eigenvalue weighted by molar-refractivity contribution is 9.10. The van der Waals surface area contributed by atoms with E-state index in [1.165, 1.54) is 0 Å². The van der Waals surface area contributed by atoms with Crippen LogP contribution in [0.25, 0.3) is 0 Å². The fraction of sp³-hybridized carbons (Fsp3) is 0.538. The Hall–Kier alpha value is -0.900. The molecule has 2 rings (SSSR count). The van der Waals surface area contributed by atoms with Gasteiger partial charge in [0.05, 0.1) is 6.04 Å². The summed E-state index contributed by atoms with van der Waals surface area (Å²) in [5, 5.41) is 0. The summed E-state index contributed by atoms with van der Waals surface area (Å²) in [6, 6.07) is 2.06. The highest BCUT2D eigenvalue weighted by Crippen LogP contribution is 2.26. The van der Waals surface area contributed by atoms with Crippen LogP contribution in [-0.2, 0) is 4.79 Å². The molecule has 1 aliphatic heterocycles. The molecule has 1 atom stereocenters. The van der Waals surface area contributed by atoms with Crippen LogP contribution < -0.4 is 4.90 Å². The molecule has 17 heavy (non-hydrogen) atoms. The Morgan fingerprint density at radius 1 is 1.53 bits per heavy atom. The van der Waals surface area contributed by atoms with Crippen molar-refractivity contribution < 1.29 is 4.79 Å². The van der Waals surface area contributed by atoms with Crippen LogP contribution in [0.15, 0.2) is 16.7 Å². The molecule has 0 spiro atoms. The smallest absolute Gasteiger partial charge is 0.152 e. The quantitative estimate of drug-likeness (QED) is 0.841. The van der Waals surface area contributed by atoms with E-state index in [9.17, 15) is 4.79 Å². The highest BCUT2D eigenvalue weighted by Gasteiger charge is 2.27. The number of carbonyl (C=O) groups excluding carboxylic acids is 1. The second kappa shape index (κ2) is 5.17. The molecule has 0 N–H and O–H groups in total. The molecule has 1 aliphatic rings. The maximum Gasteiger partial charge on any atom is 0.152 e. The second-order valence-electron chi connectivity index (χ2n) is 4.61. The van der Waals surface area contributed by atoms with Crippen molar-refractivity contribution in [3.8, 4) is 0 Å². The Kier molecular flexibility index (Phi) is 3.82. The summed E-state index contributed by atoms with van der Waals surface area (Å²) >= 11 is 3.45. The molecule has 1 aromatic rings. The third kappa shape index (κ3) is 2.68. The van der Waals surface area contributed by atoms with Crippen LogP contribution in [0.3, 0.4) is 0 Å². The monoisotopic (exact) mass is 296 g/mol. The normalized spacial score (nSPS) is 20.4. The van der Waals surface area contributed by atoms with Gasteiger partial charge in [-0.2, -0.15) is 0 Å². The lowest BCUT2D eigenvalue weighted by Gasteiger charge is -2.35. The van der Waals surface area contributed by atoms with Crippen molar-refractivity contribution >= 4 is 27.5 Å². The Balaban J connectivity index is 2.29. The molecule has 92 valence electrons. The van der Waals surface area contributed by atoms with E-state index in [2.05, 4.69) is 25.8 Å². The van der Waals surface area contributed by atoms with E-state index >= 15 is 0 Å². The SMILES string of the molecule is CC(=O)C1CCCCN1c1cc(C)c(Br)cn1. The second-order valence-corrected chi connectivity index (χ2v) is 5.46. The number of aromatic nitrogens is 1. The molecule has 0 bridgehead atoms. The first-order chi connectivity index (χ1) is 8.09. The number of nitrogens with zero attached hydrogens (tertiary/aromatic N) is 2. The van der Waals surface area contributed by atoms with Crippen molar-refractivity contribution in [3.05, 3.63) is 22.3 Å². The number of halogens is 1. The minimum absolute atomic E-state index is 0.0109. The molecule has 0 amide bonds. The largest absolute Gasteiger partial charge is 0.347 e. The number of Topliss-reactive ketones (excluding diaryl/α,β-unsaturated/α-hetero) is 1. The molecule has 2 heterocycles. The zero-order valence-corrected chi connectivity index (χ0v) is 11.8. The van der Waals surface area contributed by atoms with Gasteiger partial charge in [-0.05, 0) is 60.7 Å². The van der Waals surface area contributed by atoms with Crippen molar-refractivity contribution in [2.75, 3.05) is 11.4 Å². The number of aryl methyl sites for hydroxylation is 1. The van der Waals surface area contributed by atoms with Crippen molar-refractivity contribution in [2.45, 2.75) is 39.2 Å². The van der Waals surface area contributed by atoms with E-state index in [-0.39, 0.29) is 11.8 Å². The molecule has 1 aromatic heterocycles. The molecule has 1 unspecified atom stereocenters. The molecule has 3 nitrogen and oxygen atoms in total. The van der Waals surface area contributed by atoms with Gasteiger partial charge in [0.1, 0.15) is 5.82 Å². The van der Waals surface area contributed by atoms with Crippen LogP contribution in [0.4, 0.5) is 5.82 Å². The molecule has 0 saturated carbocycles. The van der Waals surface area contributed by atoms with Crippen molar-refractivity contribution in [1.29, 1.82) is 0 Å². The van der Waals surface area contributed by atoms with Crippen LogP contribution in [0.1, 0.15) is 31.7 Å². The van der Waals surface area contributed by atoms with Crippen LogP contribution in [-0.4, -0.2) is 23.4 Å². The molecular formula is C13H17BrN2O. The molecule has 1 saturated heterocycles. The van der Waals surface area contributed by atoms with Gasteiger partial charge >= 0.3 is 0 Å². The third-order valence-electron chi connectivity index (χ3n) is 3.30. The number of ketones is 1. The molecular weight excluding hydrogens is 280 g/mol. The third-order valence-corrected chi connectivity index (χ3v) is 4.13. The van der Waals surface area contributed by atoms with Crippen molar-refractivity contribution in [2.24, 2.45) is 0 Å². The zero-order chi connectivity index (χ0) is 12.4. The lowest BCUT2D eigenvalue weighted by atomic mass is 9.99. The van der Waals surface area contributed by atoms with E-state index in [0.29, 0.717) is 0 Å². The van der Waals surface area contributed by atoms with Gasteiger partial charge in [-0.15, -0.1) is 0 Å². The van der Waals surface area contributed by atoms with Gasteiger partial charge < -0.3 is 4.90 Å². The zero-order valence-electron chi connectivity index (χ0n) is 10.2. The highest BCUT2D eigenvalue weighted by atomic mass is 79.9. The van der Waals surface area contributed by atoms with Crippen molar-refractivity contribution in [1.82, 2.24) is 4.98 Å². The summed E-state index contributed by atoms with van der Waals surface area (Å²) in [5.74, 6) is 1.16. The molecule has 0 aliphatic carbocycles. The number of pyridine rings is 1. The van der Waals surface area contributed by atoms with Gasteiger partial charge in [0.15, 0.2) is 5.78 Å². The number of anilines is 1. The Labute approximate surface area is 110 Å². The Morgan fingerprint density at radius 3 is 2.94 bits per heavy atom. The fourth-order valence-electron chi connectivity index (χ4n) is 2.31. The number of hydrogen-bond acceptors (Lipinski definition) is 3. The number of rotatable bonds is 2. The van der Waals surface area contributed by atoms with Crippen LogP contribution in [0.5, 0.6) is 0 Å². The average Bonchev–Trinajstić information content (AvgIpc) is 2.32. The van der Waals surface area contributed by atoms with Crippen LogP contribution >= 0.6 is 15.9 Å². The van der Waals surface area contributed by atoms with Crippen molar-refractivity contribution in [3.63, 3.8) is 0 Å². The standard InChI is InChI=1S/C13H17BrN2O/c1-9-7-13(15-8-11(9)14)16-6-4-3-5-12(16)10(2)17/h7-8,12H,3-6H2,1-2H3. The lowest BCUT2D eigenvalue weighted by molar-refractivity contribution is -0.118. The number of carbonyl (C=O) groups is 1. The maximum atomic E-state index is 11.7. The van der Waals surface area contributed by atoms with Gasteiger partial charge in [-0.25, -0.2) is 4.98 Å². The van der Waals surface area contributed by atoms with Gasteiger partial charge in [-0.1, -0.05) is 0 Å². The first-order valence-corrected chi connectivity index (χ1v) is 6.78. The first kappa shape index (κ1) is 12.6. The van der Waals surface area contributed by atoms with Crippen LogP contribution in [0.2, 0.25) is 0 Å². The molecule has 0 radical (unpaired) electrons. The minimum atomic E-state index is 0.0109. The van der Waals surface area contributed by atoms with E-state index in [1.54, 1.807) is 6.92 Å². The van der Waals surface area contributed by atoms with Gasteiger partial charge in [0.2, 0.25) is 0 Å². The van der Waals surface area contributed by atoms with E-state index in [4.69, 9.17) is 0 Å². The summed E-state index contributed by atoms with van der Waals surface area (Å²) in [6.07, 6.45) is 5.04.